The Bertz CT molecular complexity index is 748. The Balaban J connectivity index is 1.65. The molecule has 2 amide bonds. The number of nitrogens with zero attached hydrogens (tertiary/aromatic N) is 4. The van der Waals surface area contributed by atoms with E-state index in [4.69, 9.17) is 4.42 Å². The molecular weight excluding hydrogens is 332 g/mol. The van der Waals surface area contributed by atoms with Crippen LogP contribution in [0, 0.1) is 0 Å². The highest BCUT2D eigenvalue weighted by molar-refractivity contribution is 5.95. The molecule has 2 aromatic heterocycles. The fraction of sp³-hybridized carbons (Fsp3) is 0.421. The van der Waals surface area contributed by atoms with Crippen LogP contribution < -0.4 is 4.90 Å². The van der Waals surface area contributed by atoms with Crippen molar-refractivity contribution in [2.24, 2.45) is 0 Å². The van der Waals surface area contributed by atoms with Crippen molar-refractivity contribution in [2.45, 2.75) is 13.8 Å². The molecule has 0 unspecified atom stereocenters. The number of hydrogen-bond acceptors (Lipinski definition) is 5. The van der Waals surface area contributed by atoms with Gasteiger partial charge in [0.05, 0.1) is 23.7 Å². The Morgan fingerprint density at radius 3 is 2.50 bits per heavy atom. The summed E-state index contributed by atoms with van der Waals surface area (Å²) in [5.74, 6) is 0.279. The second-order valence-corrected chi connectivity index (χ2v) is 6.17. The van der Waals surface area contributed by atoms with Gasteiger partial charge in [0.15, 0.2) is 5.76 Å². The molecule has 0 radical (unpaired) electrons. The van der Waals surface area contributed by atoms with Gasteiger partial charge in [-0.3, -0.25) is 14.6 Å². The normalized spacial score (nSPS) is 14.4. The van der Waals surface area contributed by atoms with Crippen molar-refractivity contribution in [3.8, 4) is 0 Å². The minimum Gasteiger partial charge on any atom is -0.459 e. The Morgan fingerprint density at radius 1 is 1.15 bits per heavy atom. The molecule has 3 heterocycles. The van der Waals surface area contributed by atoms with Gasteiger partial charge in [0.2, 0.25) is 0 Å². The van der Waals surface area contributed by atoms with Gasteiger partial charge < -0.3 is 19.1 Å². The molecule has 7 heteroatoms. The Kier molecular flexibility index (Phi) is 5.55. The zero-order valence-corrected chi connectivity index (χ0v) is 15.2. The first-order valence-electron chi connectivity index (χ1n) is 8.96. The minimum absolute atomic E-state index is 0.00372. The van der Waals surface area contributed by atoms with Gasteiger partial charge in [-0.05, 0) is 32.0 Å². The molecule has 0 bridgehead atoms. The van der Waals surface area contributed by atoms with E-state index >= 15 is 0 Å². The Labute approximate surface area is 153 Å². The van der Waals surface area contributed by atoms with Gasteiger partial charge in [0.1, 0.15) is 0 Å². The van der Waals surface area contributed by atoms with Crippen LogP contribution in [-0.2, 0) is 0 Å². The lowest BCUT2D eigenvalue weighted by molar-refractivity contribution is 0.0714. The zero-order chi connectivity index (χ0) is 18.5. The first-order valence-corrected chi connectivity index (χ1v) is 8.96. The summed E-state index contributed by atoms with van der Waals surface area (Å²) in [4.78, 5) is 34.8. The van der Waals surface area contributed by atoms with Crippen molar-refractivity contribution >= 4 is 17.5 Å². The molecule has 1 aliphatic rings. The summed E-state index contributed by atoms with van der Waals surface area (Å²) in [5.41, 5.74) is 1.51. The third-order valence-electron chi connectivity index (χ3n) is 4.69. The molecular formula is C19H24N4O3. The van der Waals surface area contributed by atoms with Gasteiger partial charge in [0.25, 0.3) is 11.8 Å². The topological polar surface area (TPSA) is 69.9 Å². The maximum atomic E-state index is 12.5. The number of anilines is 1. The summed E-state index contributed by atoms with van der Waals surface area (Å²) >= 11 is 0. The van der Waals surface area contributed by atoms with Gasteiger partial charge >= 0.3 is 0 Å². The first kappa shape index (κ1) is 18.0. The van der Waals surface area contributed by atoms with Crippen molar-refractivity contribution in [1.82, 2.24) is 14.8 Å². The zero-order valence-electron chi connectivity index (χ0n) is 15.2. The summed E-state index contributed by atoms with van der Waals surface area (Å²) in [6.07, 6.45) is 4.89. The number of aromatic nitrogens is 1. The average Bonchev–Trinajstić information content (AvgIpc) is 3.23. The molecule has 3 rings (SSSR count). The summed E-state index contributed by atoms with van der Waals surface area (Å²) in [6.45, 7) is 7.87. The highest BCUT2D eigenvalue weighted by atomic mass is 16.3. The number of amides is 2. The predicted molar refractivity (Wildman–Crippen MR) is 98.3 cm³/mol. The van der Waals surface area contributed by atoms with E-state index in [1.807, 2.05) is 19.9 Å². The average molecular weight is 356 g/mol. The van der Waals surface area contributed by atoms with E-state index in [0.29, 0.717) is 50.6 Å². The summed E-state index contributed by atoms with van der Waals surface area (Å²) in [7, 11) is 0. The maximum absolute atomic E-state index is 12.5. The summed E-state index contributed by atoms with van der Waals surface area (Å²) in [5, 5.41) is 0. The first-order chi connectivity index (χ1) is 12.6. The number of carbonyl (C=O) groups excluding carboxylic acids is 2. The number of piperazine rings is 1. The van der Waals surface area contributed by atoms with E-state index in [2.05, 4.69) is 9.88 Å². The fourth-order valence-electron chi connectivity index (χ4n) is 3.13. The number of rotatable bonds is 5. The van der Waals surface area contributed by atoms with Crippen LogP contribution in [-0.4, -0.2) is 65.9 Å². The van der Waals surface area contributed by atoms with E-state index < -0.39 is 0 Å². The van der Waals surface area contributed by atoms with E-state index in [-0.39, 0.29) is 11.8 Å². The largest absolute Gasteiger partial charge is 0.459 e. The molecule has 1 fully saturated rings. The van der Waals surface area contributed by atoms with Crippen LogP contribution in [0.1, 0.15) is 34.8 Å². The number of pyridine rings is 1. The lowest BCUT2D eigenvalue weighted by Crippen LogP contribution is -2.48. The smallest absolute Gasteiger partial charge is 0.289 e. The summed E-state index contributed by atoms with van der Waals surface area (Å²) in [6, 6.07) is 5.28. The SMILES string of the molecule is CCN(CC)C(=O)c1cncc(N2CCN(C(=O)c3ccco3)CC2)c1. The fourth-order valence-corrected chi connectivity index (χ4v) is 3.13. The van der Waals surface area contributed by atoms with E-state index in [1.165, 1.54) is 6.26 Å². The monoisotopic (exact) mass is 356 g/mol. The lowest BCUT2D eigenvalue weighted by Gasteiger charge is -2.35. The molecule has 1 aliphatic heterocycles. The van der Waals surface area contributed by atoms with E-state index in [9.17, 15) is 9.59 Å². The van der Waals surface area contributed by atoms with Crippen LogP contribution in [0.3, 0.4) is 0 Å². The van der Waals surface area contributed by atoms with Crippen LogP contribution >= 0.6 is 0 Å². The van der Waals surface area contributed by atoms with E-state index in [0.717, 1.165) is 5.69 Å². The Hall–Kier alpha value is -2.83. The van der Waals surface area contributed by atoms with Gasteiger partial charge in [0, 0.05) is 45.5 Å². The highest BCUT2D eigenvalue weighted by Gasteiger charge is 2.24. The molecule has 138 valence electrons. The second kappa shape index (κ2) is 8.03. The maximum Gasteiger partial charge on any atom is 0.289 e. The molecule has 0 aromatic carbocycles. The summed E-state index contributed by atoms with van der Waals surface area (Å²) < 4.78 is 5.19. The number of furan rings is 1. The lowest BCUT2D eigenvalue weighted by atomic mass is 10.2. The van der Waals surface area contributed by atoms with Crippen molar-refractivity contribution in [1.29, 1.82) is 0 Å². The molecule has 26 heavy (non-hydrogen) atoms. The van der Waals surface area contributed by atoms with Crippen LogP contribution in [0.15, 0.2) is 41.3 Å². The van der Waals surface area contributed by atoms with Crippen LogP contribution in [0.25, 0.3) is 0 Å². The molecule has 0 aliphatic carbocycles. The molecule has 1 saturated heterocycles. The van der Waals surface area contributed by atoms with Crippen molar-refractivity contribution < 1.29 is 14.0 Å². The molecule has 7 nitrogen and oxygen atoms in total. The molecule has 0 N–H and O–H groups in total. The number of carbonyl (C=O) groups is 2. The van der Waals surface area contributed by atoms with Gasteiger partial charge in [-0.15, -0.1) is 0 Å². The van der Waals surface area contributed by atoms with Crippen molar-refractivity contribution in [2.75, 3.05) is 44.2 Å². The van der Waals surface area contributed by atoms with Crippen molar-refractivity contribution in [3.05, 3.63) is 48.2 Å². The Morgan fingerprint density at radius 2 is 1.88 bits per heavy atom. The standard InChI is InChI=1S/C19H24N4O3/c1-3-21(4-2)18(24)15-12-16(14-20-13-15)22-7-9-23(10-8-22)19(25)17-6-5-11-26-17/h5-6,11-14H,3-4,7-10H2,1-2H3. The third-order valence-corrected chi connectivity index (χ3v) is 4.69. The van der Waals surface area contributed by atoms with Gasteiger partial charge in [-0.25, -0.2) is 0 Å². The second-order valence-electron chi connectivity index (χ2n) is 6.17. The number of hydrogen-bond donors (Lipinski definition) is 0. The highest BCUT2D eigenvalue weighted by Crippen LogP contribution is 2.19. The van der Waals surface area contributed by atoms with Crippen molar-refractivity contribution in [3.63, 3.8) is 0 Å². The van der Waals surface area contributed by atoms with Crippen LogP contribution in [0.5, 0.6) is 0 Å². The van der Waals surface area contributed by atoms with Gasteiger partial charge in [-0.2, -0.15) is 0 Å². The quantitative estimate of drug-likeness (QED) is 0.821. The van der Waals surface area contributed by atoms with E-state index in [1.54, 1.807) is 34.3 Å². The molecule has 0 spiro atoms. The molecule has 2 aromatic rings. The predicted octanol–water partition coefficient (Wildman–Crippen LogP) is 2.12. The van der Waals surface area contributed by atoms with Crippen LogP contribution in [0.4, 0.5) is 5.69 Å². The van der Waals surface area contributed by atoms with Gasteiger partial charge in [-0.1, -0.05) is 0 Å². The van der Waals surface area contributed by atoms with Crippen LogP contribution in [0.2, 0.25) is 0 Å². The third kappa shape index (κ3) is 3.71. The minimum atomic E-state index is -0.0850. The molecule has 0 saturated carbocycles. The molecule has 0 atom stereocenters.